The zero-order chi connectivity index (χ0) is 31.1. The molecule has 3 aromatic rings. The molecule has 0 unspecified atom stereocenters. The molecule has 0 aromatic heterocycles. The summed E-state index contributed by atoms with van der Waals surface area (Å²) in [6.07, 6.45) is -4.17. The van der Waals surface area contributed by atoms with Crippen molar-refractivity contribution >= 4 is 17.5 Å². The third kappa shape index (κ3) is 7.26. The first-order valence-electron chi connectivity index (χ1n) is 13.3. The fourth-order valence-corrected chi connectivity index (χ4v) is 4.69. The predicted octanol–water partition coefficient (Wildman–Crippen LogP) is 5.20. The van der Waals surface area contributed by atoms with E-state index in [1.165, 1.54) is 31.2 Å². The lowest BCUT2D eigenvalue weighted by atomic mass is 9.98. The molecule has 0 saturated heterocycles. The van der Waals surface area contributed by atoms with E-state index >= 15 is 0 Å². The summed E-state index contributed by atoms with van der Waals surface area (Å²) in [6.45, 7) is -0.239. The highest BCUT2D eigenvalue weighted by Gasteiger charge is 2.35. The quantitative estimate of drug-likeness (QED) is 0.301. The van der Waals surface area contributed by atoms with Gasteiger partial charge in [0.1, 0.15) is 12.3 Å². The number of benzene rings is 3. The van der Waals surface area contributed by atoms with Crippen LogP contribution in [-0.4, -0.2) is 75.6 Å². The summed E-state index contributed by atoms with van der Waals surface area (Å²) in [6, 6.07) is 15.9. The molecule has 0 fully saturated rings. The Morgan fingerprint density at radius 1 is 0.907 bits per heavy atom. The minimum absolute atomic E-state index is 0.0113. The molecule has 0 aliphatic carbocycles. The molecule has 1 atom stereocenters. The fraction of sp³-hybridized carbons (Fsp3) is 0.323. The summed E-state index contributed by atoms with van der Waals surface area (Å²) >= 11 is 0. The van der Waals surface area contributed by atoms with Crippen LogP contribution in [0.3, 0.4) is 0 Å². The summed E-state index contributed by atoms with van der Waals surface area (Å²) in [5.41, 5.74) is 1.30. The average molecular weight is 600 g/mol. The first kappa shape index (κ1) is 31.4. The lowest BCUT2D eigenvalue weighted by molar-refractivity contribution is -0.137. The number of halogens is 3. The summed E-state index contributed by atoms with van der Waals surface area (Å²) < 4.78 is 60.4. The highest BCUT2D eigenvalue weighted by Crippen LogP contribution is 2.38. The normalized spacial score (nSPS) is 14.7. The second-order valence-corrected chi connectivity index (χ2v) is 9.64. The maximum Gasteiger partial charge on any atom is 0.416 e. The molecular weight excluding hydrogens is 567 g/mol. The molecule has 9 nitrogen and oxygen atoms in total. The van der Waals surface area contributed by atoms with E-state index in [0.29, 0.717) is 29.4 Å². The number of hydrogen-bond donors (Lipinski definition) is 0. The lowest BCUT2D eigenvalue weighted by Crippen LogP contribution is -2.42. The number of nitrogens with zero attached hydrogens (tertiary/aromatic N) is 3. The van der Waals surface area contributed by atoms with Crippen LogP contribution >= 0.6 is 0 Å². The summed E-state index contributed by atoms with van der Waals surface area (Å²) in [7, 11) is 6.05. The zero-order valence-electron chi connectivity index (χ0n) is 24.2. The Kier molecular flexibility index (Phi) is 9.92. The van der Waals surface area contributed by atoms with E-state index in [1.807, 2.05) is 18.2 Å². The Balaban J connectivity index is 1.65. The zero-order valence-corrected chi connectivity index (χ0v) is 24.2. The number of hydrazone groups is 1. The number of hydrogen-bond acceptors (Lipinski definition) is 7. The van der Waals surface area contributed by atoms with Crippen LogP contribution in [0.15, 0.2) is 71.8 Å². The first-order valence-corrected chi connectivity index (χ1v) is 13.3. The maximum atomic E-state index is 13.8. The molecule has 0 radical (unpaired) electrons. The second kappa shape index (κ2) is 13.6. The average Bonchev–Trinajstić information content (AvgIpc) is 3.47. The number of carbonyl (C=O) groups excluding carboxylic acids is 2. The van der Waals surface area contributed by atoms with E-state index in [9.17, 15) is 22.8 Å². The molecule has 0 spiro atoms. The van der Waals surface area contributed by atoms with Crippen molar-refractivity contribution in [3.05, 3.63) is 89.0 Å². The minimum atomic E-state index is -4.54. The number of carbonyl (C=O) groups is 2. The minimum Gasteiger partial charge on any atom is -0.497 e. The van der Waals surface area contributed by atoms with Crippen LogP contribution < -0.4 is 14.2 Å². The summed E-state index contributed by atoms with van der Waals surface area (Å²) in [5, 5.41) is 6.00. The highest BCUT2D eigenvalue weighted by atomic mass is 19.4. The molecule has 3 aromatic carbocycles. The summed E-state index contributed by atoms with van der Waals surface area (Å²) in [5.74, 6) is 0.568. The van der Waals surface area contributed by atoms with Crippen LogP contribution in [0.25, 0.3) is 0 Å². The van der Waals surface area contributed by atoms with Crippen molar-refractivity contribution in [2.45, 2.75) is 18.6 Å². The van der Waals surface area contributed by atoms with Gasteiger partial charge in [-0.15, -0.1) is 0 Å². The molecule has 43 heavy (non-hydrogen) atoms. The SMILES string of the molecule is COCCN(CC(=O)N1N=C(c2ccc(OC)cc2)C[C@@H]1c1ccc(OC)c(OC)c1)C(=O)c1ccc(C(F)(F)F)cc1. The Morgan fingerprint density at radius 3 is 2.16 bits per heavy atom. The monoisotopic (exact) mass is 599 g/mol. The van der Waals surface area contributed by atoms with Gasteiger partial charge in [-0.3, -0.25) is 9.59 Å². The molecule has 0 saturated carbocycles. The van der Waals surface area contributed by atoms with Crippen molar-refractivity contribution < 1.29 is 41.7 Å². The van der Waals surface area contributed by atoms with Crippen molar-refractivity contribution in [3.8, 4) is 17.2 Å². The summed E-state index contributed by atoms with van der Waals surface area (Å²) in [4.78, 5) is 28.4. The second-order valence-electron chi connectivity index (χ2n) is 9.64. The molecule has 1 heterocycles. The van der Waals surface area contributed by atoms with E-state index in [4.69, 9.17) is 18.9 Å². The van der Waals surface area contributed by atoms with Crippen LogP contribution in [0.2, 0.25) is 0 Å². The van der Waals surface area contributed by atoms with E-state index in [0.717, 1.165) is 35.4 Å². The Labute approximate surface area is 247 Å². The van der Waals surface area contributed by atoms with Crippen molar-refractivity contribution in [1.29, 1.82) is 0 Å². The van der Waals surface area contributed by atoms with E-state index in [-0.39, 0.29) is 25.3 Å². The van der Waals surface area contributed by atoms with Gasteiger partial charge < -0.3 is 23.8 Å². The Bertz CT molecular complexity index is 1460. The Hall–Kier alpha value is -4.58. The lowest BCUT2D eigenvalue weighted by Gasteiger charge is -2.27. The van der Waals surface area contributed by atoms with Gasteiger partial charge in [-0.2, -0.15) is 18.3 Å². The molecule has 2 amide bonds. The van der Waals surface area contributed by atoms with Crippen molar-refractivity contribution in [1.82, 2.24) is 9.91 Å². The smallest absolute Gasteiger partial charge is 0.416 e. The van der Waals surface area contributed by atoms with Crippen LogP contribution in [0.4, 0.5) is 13.2 Å². The topological polar surface area (TPSA) is 89.9 Å². The van der Waals surface area contributed by atoms with Gasteiger partial charge in [0.2, 0.25) is 0 Å². The van der Waals surface area contributed by atoms with Crippen LogP contribution in [0, 0.1) is 0 Å². The number of alkyl halides is 3. The van der Waals surface area contributed by atoms with E-state index < -0.39 is 29.6 Å². The first-order chi connectivity index (χ1) is 20.6. The fourth-order valence-electron chi connectivity index (χ4n) is 4.69. The van der Waals surface area contributed by atoms with Crippen LogP contribution in [-0.2, 0) is 15.7 Å². The van der Waals surface area contributed by atoms with Crippen molar-refractivity contribution in [2.24, 2.45) is 5.10 Å². The number of ether oxygens (including phenoxy) is 4. The largest absolute Gasteiger partial charge is 0.497 e. The van der Waals surface area contributed by atoms with Gasteiger partial charge in [0.25, 0.3) is 11.8 Å². The molecule has 0 bridgehead atoms. The molecule has 0 N–H and O–H groups in total. The third-order valence-electron chi connectivity index (χ3n) is 7.02. The highest BCUT2D eigenvalue weighted by molar-refractivity contribution is 6.04. The van der Waals surface area contributed by atoms with E-state index in [2.05, 4.69) is 5.10 Å². The molecule has 12 heteroatoms. The van der Waals surface area contributed by atoms with Gasteiger partial charge >= 0.3 is 6.18 Å². The number of amides is 2. The number of methoxy groups -OCH3 is 4. The van der Waals surface area contributed by atoms with Gasteiger partial charge in [-0.1, -0.05) is 6.07 Å². The molecule has 228 valence electrons. The van der Waals surface area contributed by atoms with Crippen molar-refractivity contribution in [2.75, 3.05) is 48.1 Å². The van der Waals surface area contributed by atoms with Gasteiger partial charge in [0.05, 0.1) is 45.3 Å². The molecule has 1 aliphatic rings. The van der Waals surface area contributed by atoms with Gasteiger partial charge in [-0.25, -0.2) is 5.01 Å². The molecular formula is C31H32F3N3O6. The molecule has 4 rings (SSSR count). The van der Waals surface area contributed by atoms with Crippen LogP contribution in [0.5, 0.6) is 17.2 Å². The van der Waals surface area contributed by atoms with Crippen molar-refractivity contribution in [3.63, 3.8) is 0 Å². The third-order valence-corrected chi connectivity index (χ3v) is 7.02. The van der Waals surface area contributed by atoms with Gasteiger partial charge in [0, 0.05) is 25.6 Å². The van der Waals surface area contributed by atoms with Crippen LogP contribution in [0.1, 0.15) is 39.5 Å². The van der Waals surface area contributed by atoms with Gasteiger partial charge in [-0.05, 0) is 71.8 Å². The predicted molar refractivity (Wildman–Crippen MR) is 153 cm³/mol. The Morgan fingerprint density at radius 2 is 1.58 bits per heavy atom. The molecule has 1 aliphatic heterocycles. The standard InChI is InChI=1S/C31H32F3N3O6/c1-40-16-15-36(30(39)21-5-10-23(11-6-21)31(32,33)34)19-29(38)37-26(22-9-14-27(42-3)28(17-22)43-4)18-25(35-37)20-7-12-24(41-2)13-8-20/h5-14,17,26H,15-16,18-19H2,1-4H3/t26-/m1/s1. The maximum absolute atomic E-state index is 13.8. The number of rotatable bonds is 11. The van der Waals surface area contributed by atoms with E-state index in [1.54, 1.807) is 31.4 Å². The van der Waals surface area contributed by atoms with Gasteiger partial charge in [0.15, 0.2) is 11.5 Å².